The number of ether oxygens (including phenoxy) is 1. The van der Waals surface area contributed by atoms with Crippen LogP contribution in [0.2, 0.25) is 0 Å². The fourth-order valence-electron chi connectivity index (χ4n) is 4.39. The van der Waals surface area contributed by atoms with Gasteiger partial charge in [-0.25, -0.2) is 0 Å². The molecule has 7 nitrogen and oxygen atoms in total. The van der Waals surface area contributed by atoms with E-state index in [9.17, 15) is 0 Å². The molecule has 0 aliphatic heterocycles. The van der Waals surface area contributed by atoms with Crippen LogP contribution in [0.15, 0.2) is 65.7 Å². The molecule has 4 heterocycles. The minimum Gasteiger partial charge on any atom is -0.383 e. The molecule has 1 unspecified atom stereocenters. The summed E-state index contributed by atoms with van der Waals surface area (Å²) in [4.78, 5) is 4.91. The predicted octanol–water partition coefficient (Wildman–Crippen LogP) is 5.43. The Morgan fingerprint density at radius 3 is 2.61 bits per heavy atom. The van der Waals surface area contributed by atoms with Gasteiger partial charge in [0.15, 0.2) is 0 Å². The number of benzene rings is 1. The van der Waals surface area contributed by atoms with Crippen LogP contribution in [-0.2, 0) is 11.3 Å². The average molecular weight is 442 g/mol. The van der Waals surface area contributed by atoms with Crippen molar-refractivity contribution in [2.45, 2.75) is 33.4 Å². The first-order chi connectivity index (χ1) is 16.1. The highest BCUT2D eigenvalue weighted by atomic mass is 16.5. The van der Waals surface area contributed by atoms with E-state index in [-0.39, 0.29) is 6.04 Å². The van der Waals surface area contributed by atoms with Crippen LogP contribution >= 0.6 is 0 Å². The smallest absolute Gasteiger partial charge is 0.141 e. The van der Waals surface area contributed by atoms with Gasteiger partial charge in [0, 0.05) is 48.0 Å². The van der Waals surface area contributed by atoms with Crippen LogP contribution in [0.5, 0.6) is 0 Å². The van der Waals surface area contributed by atoms with E-state index in [4.69, 9.17) is 14.2 Å². The third kappa shape index (κ3) is 3.85. The molecule has 168 valence electrons. The van der Waals surface area contributed by atoms with Crippen molar-refractivity contribution in [3.63, 3.8) is 0 Å². The van der Waals surface area contributed by atoms with E-state index in [0.717, 1.165) is 44.7 Å². The molecule has 5 aromatic rings. The summed E-state index contributed by atoms with van der Waals surface area (Å²) in [7, 11) is 1.70. The zero-order valence-corrected chi connectivity index (χ0v) is 19.3. The Labute approximate surface area is 192 Å². The van der Waals surface area contributed by atoms with Crippen molar-refractivity contribution in [2.24, 2.45) is 0 Å². The summed E-state index contributed by atoms with van der Waals surface area (Å²) in [6, 6.07) is 12.8. The van der Waals surface area contributed by atoms with Crippen LogP contribution in [-0.4, -0.2) is 38.2 Å². The monoisotopic (exact) mass is 441 g/mol. The van der Waals surface area contributed by atoms with Gasteiger partial charge in [0.2, 0.25) is 0 Å². The summed E-state index contributed by atoms with van der Waals surface area (Å²) in [5.41, 5.74) is 8.19. The largest absolute Gasteiger partial charge is 0.383 e. The number of aromatic nitrogens is 5. The van der Waals surface area contributed by atoms with E-state index < -0.39 is 0 Å². The second-order valence-corrected chi connectivity index (χ2v) is 8.31. The number of pyridine rings is 1. The number of methoxy groups -OCH3 is 1. The number of nitrogens with zero attached hydrogens (tertiary/aromatic N) is 5. The van der Waals surface area contributed by atoms with Gasteiger partial charge in [-0.15, -0.1) is 0 Å². The molecule has 0 saturated heterocycles. The molecule has 1 atom stereocenters. The highest BCUT2D eigenvalue weighted by Crippen LogP contribution is 2.36. The third-order valence-electron chi connectivity index (χ3n) is 6.16. The average Bonchev–Trinajstić information content (AvgIpc) is 3.54. The molecule has 0 bridgehead atoms. The highest BCUT2D eigenvalue weighted by molar-refractivity contribution is 5.95. The molecule has 4 aromatic heterocycles. The van der Waals surface area contributed by atoms with Crippen LogP contribution in [0, 0.1) is 13.8 Å². The normalized spacial score (nSPS) is 12.5. The molecular weight excluding hydrogens is 414 g/mol. The van der Waals surface area contributed by atoms with Crippen molar-refractivity contribution >= 4 is 11.0 Å². The number of hydrogen-bond acceptors (Lipinski definition) is 5. The lowest BCUT2D eigenvalue weighted by molar-refractivity contribution is 0.183. The second kappa shape index (κ2) is 8.67. The number of aryl methyl sites for hydroxylation is 2. The van der Waals surface area contributed by atoms with E-state index in [2.05, 4.69) is 64.5 Å². The summed E-state index contributed by atoms with van der Waals surface area (Å²) in [6.45, 7) is 7.43. The number of hydrogen-bond donors (Lipinski definition) is 0. The Hall–Kier alpha value is -3.71. The van der Waals surface area contributed by atoms with Crippen molar-refractivity contribution in [1.29, 1.82) is 0 Å². The minimum atomic E-state index is 0.132. The molecule has 0 aliphatic rings. The van der Waals surface area contributed by atoms with Crippen molar-refractivity contribution in [2.75, 3.05) is 13.7 Å². The van der Waals surface area contributed by atoms with E-state index in [1.54, 1.807) is 7.11 Å². The Balaban J connectivity index is 1.68. The van der Waals surface area contributed by atoms with Gasteiger partial charge in [-0.1, -0.05) is 35.5 Å². The maximum absolute atomic E-state index is 5.41. The Bertz CT molecular complexity index is 1380. The van der Waals surface area contributed by atoms with Crippen LogP contribution < -0.4 is 0 Å². The molecule has 7 heteroatoms. The molecule has 1 aromatic carbocycles. The van der Waals surface area contributed by atoms with E-state index in [1.165, 1.54) is 5.56 Å². The lowest BCUT2D eigenvalue weighted by Crippen LogP contribution is -2.05. The van der Waals surface area contributed by atoms with Crippen molar-refractivity contribution < 1.29 is 9.26 Å². The van der Waals surface area contributed by atoms with Crippen molar-refractivity contribution in [1.82, 2.24) is 24.5 Å². The lowest BCUT2D eigenvalue weighted by Gasteiger charge is -2.16. The van der Waals surface area contributed by atoms with Crippen LogP contribution in [0.25, 0.3) is 33.3 Å². The van der Waals surface area contributed by atoms with Gasteiger partial charge in [0.05, 0.1) is 42.1 Å². The number of rotatable bonds is 7. The van der Waals surface area contributed by atoms with Gasteiger partial charge in [0.25, 0.3) is 0 Å². The van der Waals surface area contributed by atoms with Crippen LogP contribution in [0.3, 0.4) is 0 Å². The van der Waals surface area contributed by atoms with E-state index >= 15 is 0 Å². The summed E-state index contributed by atoms with van der Waals surface area (Å²) in [5.74, 6) is 0.794. The van der Waals surface area contributed by atoms with Crippen LogP contribution in [0.1, 0.15) is 30.0 Å². The van der Waals surface area contributed by atoms with Gasteiger partial charge in [-0.05, 0) is 32.4 Å². The standard InChI is InChI=1S/C26H27N5O2/c1-17-25(19(3)33-29-17)21-12-24-26(27-13-21)23(22-14-28-30(15-22)10-11-32-4)16-31(24)18(2)20-8-6-5-7-9-20/h5-9,12-16,18H,10-11H2,1-4H3. The maximum atomic E-state index is 5.41. The van der Waals surface area contributed by atoms with Crippen molar-refractivity contribution in [3.05, 3.63) is 78.2 Å². The quantitative estimate of drug-likeness (QED) is 0.337. The minimum absolute atomic E-state index is 0.132. The molecule has 5 rings (SSSR count). The molecule has 0 spiro atoms. The predicted molar refractivity (Wildman–Crippen MR) is 128 cm³/mol. The summed E-state index contributed by atoms with van der Waals surface area (Å²) < 4.78 is 14.8. The first-order valence-electron chi connectivity index (χ1n) is 11.1. The first kappa shape index (κ1) is 21.2. The fourth-order valence-corrected chi connectivity index (χ4v) is 4.39. The van der Waals surface area contributed by atoms with Gasteiger partial charge >= 0.3 is 0 Å². The molecule has 0 aliphatic carbocycles. The van der Waals surface area contributed by atoms with Crippen LogP contribution in [0.4, 0.5) is 0 Å². The second-order valence-electron chi connectivity index (χ2n) is 8.31. The van der Waals surface area contributed by atoms with Gasteiger partial charge in [0.1, 0.15) is 5.76 Å². The number of fused-ring (bicyclic) bond motifs is 1. The zero-order chi connectivity index (χ0) is 22.9. The summed E-state index contributed by atoms with van der Waals surface area (Å²) in [5, 5.41) is 8.64. The van der Waals surface area contributed by atoms with Gasteiger partial charge in [-0.3, -0.25) is 9.67 Å². The molecule has 0 amide bonds. The van der Waals surface area contributed by atoms with E-state index in [0.29, 0.717) is 13.2 Å². The SMILES string of the molecule is COCCn1cc(-c2cn(C(C)c3ccccc3)c3cc(-c4c(C)noc4C)cnc23)cn1. The molecule has 0 N–H and O–H groups in total. The molecule has 0 radical (unpaired) electrons. The molecule has 0 fully saturated rings. The topological polar surface area (TPSA) is 70.9 Å². The fraction of sp³-hybridized carbons (Fsp3) is 0.269. The first-order valence-corrected chi connectivity index (χ1v) is 11.1. The highest BCUT2D eigenvalue weighted by Gasteiger charge is 2.20. The Morgan fingerprint density at radius 1 is 1.06 bits per heavy atom. The van der Waals surface area contributed by atoms with Gasteiger partial charge < -0.3 is 13.8 Å². The summed E-state index contributed by atoms with van der Waals surface area (Å²) >= 11 is 0. The zero-order valence-electron chi connectivity index (χ0n) is 19.3. The third-order valence-corrected chi connectivity index (χ3v) is 6.16. The molecule has 0 saturated carbocycles. The Morgan fingerprint density at radius 2 is 1.88 bits per heavy atom. The molecule has 33 heavy (non-hydrogen) atoms. The van der Waals surface area contributed by atoms with Crippen molar-refractivity contribution in [3.8, 4) is 22.3 Å². The van der Waals surface area contributed by atoms with Gasteiger partial charge in [-0.2, -0.15) is 5.10 Å². The maximum Gasteiger partial charge on any atom is 0.141 e. The summed E-state index contributed by atoms with van der Waals surface area (Å²) in [6.07, 6.45) is 8.04. The Kier molecular flexibility index (Phi) is 5.56. The molecular formula is C26H27N5O2. The van der Waals surface area contributed by atoms with E-state index in [1.807, 2.05) is 37.0 Å². The lowest BCUT2D eigenvalue weighted by atomic mass is 10.0.